The van der Waals surface area contributed by atoms with Gasteiger partial charge >= 0.3 is 11.9 Å². The first-order valence-electron chi connectivity index (χ1n) is 8.59. The van der Waals surface area contributed by atoms with Crippen LogP contribution in [0.5, 0.6) is 0 Å². The van der Waals surface area contributed by atoms with Crippen LogP contribution in [0, 0.1) is 41.4 Å². The average Bonchev–Trinajstić information content (AvgIpc) is 3.20. The van der Waals surface area contributed by atoms with Crippen LogP contribution in [0.25, 0.3) is 0 Å². The van der Waals surface area contributed by atoms with Crippen LogP contribution >= 0.6 is 0 Å². The van der Waals surface area contributed by atoms with Crippen molar-refractivity contribution in [3.63, 3.8) is 0 Å². The summed E-state index contributed by atoms with van der Waals surface area (Å²) in [7, 11) is 0. The summed E-state index contributed by atoms with van der Waals surface area (Å²) in [6.45, 7) is 3.34. The Balaban J connectivity index is 1.36. The number of hydrogen-bond donors (Lipinski definition) is 0. The van der Waals surface area contributed by atoms with Gasteiger partial charge in [-0.1, -0.05) is 12.2 Å². The molecule has 4 aliphatic carbocycles. The Morgan fingerprint density at radius 1 is 1.09 bits per heavy atom. The van der Waals surface area contributed by atoms with E-state index in [2.05, 4.69) is 12.2 Å². The molecule has 120 valence electrons. The van der Waals surface area contributed by atoms with Gasteiger partial charge in [0.2, 0.25) is 0 Å². The van der Waals surface area contributed by atoms with Crippen molar-refractivity contribution >= 4 is 11.9 Å². The molecule has 0 amide bonds. The van der Waals surface area contributed by atoms with Crippen molar-refractivity contribution in [3.8, 4) is 0 Å². The lowest BCUT2D eigenvalue weighted by atomic mass is 9.69. The molecule has 3 saturated carbocycles. The maximum Gasteiger partial charge on any atom is 0.344 e. The van der Waals surface area contributed by atoms with Crippen molar-refractivity contribution in [2.45, 2.75) is 39.2 Å². The molecule has 0 aliphatic heterocycles. The molecular weight excluding hydrogens is 280 g/mol. The van der Waals surface area contributed by atoms with Crippen molar-refractivity contribution in [2.24, 2.45) is 41.4 Å². The minimum atomic E-state index is -0.452. The molecule has 7 atom stereocenters. The molecular formula is C18H24O4. The lowest BCUT2D eigenvalue weighted by molar-refractivity contribution is -0.165. The van der Waals surface area contributed by atoms with Crippen LogP contribution in [0.1, 0.15) is 33.1 Å². The highest BCUT2D eigenvalue weighted by Crippen LogP contribution is 2.67. The highest BCUT2D eigenvalue weighted by molar-refractivity contribution is 5.78. The highest BCUT2D eigenvalue weighted by Gasteiger charge is 2.62. The van der Waals surface area contributed by atoms with Crippen LogP contribution in [-0.2, 0) is 19.1 Å². The Morgan fingerprint density at radius 3 is 2.55 bits per heavy atom. The van der Waals surface area contributed by atoms with Gasteiger partial charge in [0.05, 0.1) is 12.0 Å². The Kier molecular flexibility index (Phi) is 3.31. The SMILES string of the molecule is CC(C)OC(=O)COC(=O)C1CC2CC1C1C3C=CC(C3)C21. The first kappa shape index (κ1) is 14.3. The van der Waals surface area contributed by atoms with Crippen molar-refractivity contribution in [2.75, 3.05) is 6.61 Å². The molecule has 4 aliphatic rings. The van der Waals surface area contributed by atoms with Gasteiger partial charge in [-0.25, -0.2) is 4.79 Å². The Hall–Kier alpha value is -1.32. The van der Waals surface area contributed by atoms with E-state index in [1.165, 1.54) is 12.8 Å². The summed E-state index contributed by atoms with van der Waals surface area (Å²) in [6, 6.07) is 0. The number of rotatable bonds is 4. The van der Waals surface area contributed by atoms with Gasteiger partial charge in [-0.15, -0.1) is 0 Å². The molecule has 4 heteroatoms. The zero-order valence-electron chi connectivity index (χ0n) is 13.2. The Labute approximate surface area is 131 Å². The fourth-order valence-corrected chi connectivity index (χ4v) is 5.82. The minimum absolute atomic E-state index is 0.00542. The lowest BCUT2D eigenvalue weighted by Crippen LogP contribution is -2.36. The van der Waals surface area contributed by atoms with E-state index in [9.17, 15) is 9.59 Å². The van der Waals surface area contributed by atoms with Gasteiger partial charge in [0.15, 0.2) is 6.61 Å². The van der Waals surface area contributed by atoms with Gasteiger partial charge in [0, 0.05) is 0 Å². The van der Waals surface area contributed by atoms with E-state index in [0.29, 0.717) is 23.7 Å². The second-order valence-electron chi connectivity index (χ2n) is 7.75. The molecule has 0 aromatic heterocycles. The topological polar surface area (TPSA) is 52.6 Å². The number of esters is 2. The summed E-state index contributed by atoms with van der Waals surface area (Å²) in [5.41, 5.74) is 0. The molecule has 22 heavy (non-hydrogen) atoms. The fourth-order valence-electron chi connectivity index (χ4n) is 5.82. The molecule has 0 saturated heterocycles. The van der Waals surface area contributed by atoms with Gasteiger partial charge in [-0.3, -0.25) is 4.79 Å². The van der Waals surface area contributed by atoms with Crippen LogP contribution in [0.3, 0.4) is 0 Å². The van der Waals surface area contributed by atoms with Gasteiger partial charge in [0.25, 0.3) is 0 Å². The molecule has 4 bridgehead atoms. The summed E-state index contributed by atoms with van der Waals surface area (Å²) >= 11 is 0. The van der Waals surface area contributed by atoms with E-state index < -0.39 is 5.97 Å². The molecule has 0 radical (unpaired) electrons. The van der Waals surface area contributed by atoms with Crippen LogP contribution in [0.4, 0.5) is 0 Å². The Bertz CT molecular complexity index is 523. The van der Waals surface area contributed by atoms with E-state index in [0.717, 1.165) is 18.3 Å². The molecule has 3 fully saturated rings. The number of carbonyl (C=O) groups is 2. The number of hydrogen-bond acceptors (Lipinski definition) is 4. The van der Waals surface area contributed by atoms with E-state index in [-0.39, 0.29) is 24.6 Å². The number of allylic oxidation sites excluding steroid dienone is 2. The van der Waals surface area contributed by atoms with Crippen molar-refractivity contribution in [3.05, 3.63) is 12.2 Å². The van der Waals surface area contributed by atoms with Gasteiger partial charge in [-0.05, 0) is 68.6 Å². The third-order valence-corrected chi connectivity index (χ3v) is 6.27. The van der Waals surface area contributed by atoms with Gasteiger partial charge in [0.1, 0.15) is 0 Å². The lowest BCUT2D eigenvalue weighted by Gasteiger charge is -2.35. The smallest absolute Gasteiger partial charge is 0.344 e. The van der Waals surface area contributed by atoms with Crippen molar-refractivity contribution in [1.29, 1.82) is 0 Å². The van der Waals surface area contributed by atoms with E-state index >= 15 is 0 Å². The quantitative estimate of drug-likeness (QED) is 0.455. The largest absolute Gasteiger partial charge is 0.460 e. The van der Waals surface area contributed by atoms with E-state index in [1.54, 1.807) is 13.8 Å². The minimum Gasteiger partial charge on any atom is -0.460 e. The number of ether oxygens (including phenoxy) is 2. The first-order valence-corrected chi connectivity index (χ1v) is 8.59. The first-order chi connectivity index (χ1) is 10.5. The third kappa shape index (κ3) is 2.10. The van der Waals surface area contributed by atoms with Crippen LogP contribution in [-0.4, -0.2) is 24.6 Å². The highest BCUT2D eigenvalue weighted by atomic mass is 16.6. The molecule has 4 rings (SSSR count). The predicted octanol–water partition coefficient (Wildman–Crippen LogP) is 2.58. The summed E-state index contributed by atoms with van der Waals surface area (Å²) in [6.07, 6.45) is 8.04. The van der Waals surface area contributed by atoms with E-state index in [1.807, 2.05) is 0 Å². The van der Waals surface area contributed by atoms with Gasteiger partial charge in [-0.2, -0.15) is 0 Å². The second kappa shape index (κ2) is 5.10. The summed E-state index contributed by atoms with van der Waals surface area (Å²) in [5.74, 6) is 3.49. The predicted molar refractivity (Wildman–Crippen MR) is 79.6 cm³/mol. The van der Waals surface area contributed by atoms with Crippen LogP contribution in [0.2, 0.25) is 0 Å². The molecule has 0 aromatic rings. The molecule has 4 nitrogen and oxygen atoms in total. The summed E-state index contributed by atoms with van der Waals surface area (Å²) in [5, 5.41) is 0. The molecule has 0 N–H and O–H groups in total. The standard InChI is InChI=1S/C18H24O4/c1-9(2)22-15(19)8-21-18(20)14-7-12-6-13(14)17-11-4-3-10(5-11)16(12)17/h3-4,9-14,16-17H,5-8H2,1-2H3. The molecule has 0 spiro atoms. The Morgan fingerprint density at radius 2 is 1.82 bits per heavy atom. The van der Waals surface area contributed by atoms with Crippen molar-refractivity contribution < 1.29 is 19.1 Å². The number of carbonyl (C=O) groups excluding carboxylic acids is 2. The zero-order chi connectivity index (χ0) is 15.4. The molecule has 0 heterocycles. The van der Waals surface area contributed by atoms with Gasteiger partial charge < -0.3 is 9.47 Å². The van der Waals surface area contributed by atoms with Crippen LogP contribution in [0.15, 0.2) is 12.2 Å². The average molecular weight is 304 g/mol. The summed E-state index contributed by atoms with van der Waals surface area (Å²) < 4.78 is 10.2. The monoisotopic (exact) mass is 304 g/mol. The van der Waals surface area contributed by atoms with Crippen LogP contribution < -0.4 is 0 Å². The number of fused-ring (bicyclic) bond motifs is 9. The third-order valence-electron chi connectivity index (χ3n) is 6.27. The van der Waals surface area contributed by atoms with E-state index in [4.69, 9.17) is 9.47 Å². The zero-order valence-corrected chi connectivity index (χ0v) is 13.2. The molecule has 7 unspecified atom stereocenters. The van der Waals surface area contributed by atoms with Crippen molar-refractivity contribution in [1.82, 2.24) is 0 Å². The maximum absolute atomic E-state index is 12.4. The fraction of sp³-hybridized carbons (Fsp3) is 0.778. The second-order valence-corrected chi connectivity index (χ2v) is 7.75. The maximum atomic E-state index is 12.4. The normalized spacial score (nSPS) is 43.7. The molecule has 0 aromatic carbocycles. The summed E-state index contributed by atoms with van der Waals surface area (Å²) in [4.78, 5) is 23.9.